The van der Waals surface area contributed by atoms with Gasteiger partial charge in [-0.3, -0.25) is 9.97 Å². The average Bonchev–Trinajstić information content (AvgIpc) is 4.32. The summed E-state index contributed by atoms with van der Waals surface area (Å²) < 4.78 is 4.96. The summed E-state index contributed by atoms with van der Waals surface area (Å²) in [5.41, 5.74) is 25.3. The molecular weight excluding hydrogens is 885 g/mol. The van der Waals surface area contributed by atoms with Crippen LogP contribution in [-0.2, 0) is 16.2 Å². The summed E-state index contributed by atoms with van der Waals surface area (Å²) >= 11 is 0. The molecule has 1 unspecified atom stereocenters. The molecule has 0 saturated carbocycles. The molecule has 2 spiro atoms. The lowest BCUT2D eigenvalue weighted by Gasteiger charge is -2.47. The average molecular weight is 929 g/mol. The summed E-state index contributed by atoms with van der Waals surface area (Å²) in [7, 11) is 0. The number of nitrogens with zero attached hydrogens (tertiary/aromatic N) is 4. The smallest absolute Gasteiger partial charge is 0.0939 e. The van der Waals surface area contributed by atoms with Crippen molar-refractivity contribution in [3.63, 3.8) is 0 Å². The number of para-hydroxylation sites is 3. The molecular formula is C69H44N4. The Hall–Kier alpha value is -9.12. The van der Waals surface area contributed by atoms with Crippen LogP contribution in [-0.4, -0.2) is 19.1 Å². The molecule has 4 aliphatic carbocycles. The van der Waals surface area contributed by atoms with E-state index in [0.29, 0.717) is 0 Å². The van der Waals surface area contributed by atoms with Gasteiger partial charge in [-0.1, -0.05) is 190 Å². The molecule has 1 atom stereocenters. The zero-order chi connectivity index (χ0) is 48.0. The molecule has 0 saturated heterocycles. The standard InChI is InChI=1S/C69H44N4/c1-67(2)54-29-14-15-30-55(54)69(59-38-50-45-23-8-13-28-53(45)68(57(50)39-58(59)67)51-26-11-6-21-43(51)44-22-7-12-27-52(44)68)56-31-18-36-70-63(56)64-60(69)37-42(40-71-64)73-62-33-17-10-25-47(62)49-35-34-48-46-24-9-16-32-61(46)72(65(48)66(49)73)41-19-4-3-5-20-41/h3-40H,1-2H3. The van der Waals surface area contributed by atoms with Crippen LogP contribution in [0.3, 0.4) is 0 Å². The van der Waals surface area contributed by atoms with Crippen LogP contribution < -0.4 is 0 Å². The Morgan fingerprint density at radius 1 is 0.315 bits per heavy atom. The molecule has 9 aromatic carbocycles. The minimum Gasteiger partial charge on any atom is -0.307 e. The minimum atomic E-state index is -0.748. The fourth-order valence-electron chi connectivity index (χ4n) is 14.9. The van der Waals surface area contributed by atoms with Gasteiger partial charge in [-0.05, 0) is 115 Å². The number of fused-ring (bicyclic) bond motifs is 26. The molecule has 4 aromatic heterocycles. The summed E-state index contributed by atoms with van der Waals surface area (Å²) in [5, 5.41) is 4.86. The highest BCUT2D eigenvalue weighted by Gasteiger charge is 2.58. The first-order valence-electron chi connectivity index (χ1n) is 25.6. The molecule has 4 heteroatoms. The van der Waals surface area contributed by atoms with E-state index in [1.165, 1.54) is 105 Å². The van der Waals surface area contributed by atoms with Crippen molar-refractivity contribution in [2.24, 2.45) is 0 Å². The maximum absolute atomic E-state index is 5.63. The number of hydrogen-bond acceptors (Lipinski definition) is 2. The first kappa shape index (κ1) is 39.6. The van der Waals surface area contributed by atoms with Crippen LogP contribution in [0.15, 0.2) is 231 Å². The third-order valence-electron chi connectivity index (χ3n) is 17.7. The summed E-state index contributed by atoms with van der Waals surface area (Å²) in [6, 6.07) is 82.2. The molecule has 0 bridgehead atoms. The van der Waals surface area contributed by atoms with Crippen LogP contribution in [0.4, 0.5) is 0 Å². The van der Waals surface area contributed by atoms with Crippen LogP contribution in [0.1, 0.15) is 69.5 Å². The van der Waals surface area contributed by atoms with Crippen molar-refractivity contribution < 1.29 is 0 Å². The van der Waals surface area contributed by atoms with Gasteiger partial charge < -0.3 is 9.13 Å². The van der Waals surface area contributed by atoms with Gasteiger partial charge in [-0.15, -0.1) is 0 Å². The van der Waals surface area contributed by atoms with E-state index < -0.39 is 10.8 Å². The number of rotatable bonds is 2. The first-order chi connectivity index (χ1) is 36.0. The molecule has 0 radical (unpaired) electrons. The van der Waals surface area contributed by atoms with Crippen molar-refractivity contribution in [3.05, 3.63) is 286 Å². The molecule has 0 N–H and O–H groups in total. The van der Waals surface area contributed by atoms with Crippen molar-refractivity contribution in [3.8, 4) is 45.0 Å². The van der Waals surface area contributed by atoms with Crippen LogP contribution in [0.2, 0.25) is 0 Å². The Balaban J connectivity index is 1.01. The Morgan fingerprint density at radius 3 is 1.45 bits per heavy atom. The highest BCUT2D eigenvalue weighted by atomic mass is 15.1. The van der Waals surface area contributed by atoms with E-state index >= 15 is 0 Å². The van der Waals surface area contributed by atoms with E-state index in [9.17, 15) is 0 Å². The fraction of sp³-hybridized carbons (Fsp3) is 0.0725. The Labute approximate surface area is 422 Å². The third-order valence-corrected chi connectivity index (χ3v) is 17.7. The monoisotopic (exact) mass is 928 g/mol. The zero-order valence-corrected chi connectivity index (χ0v) is 40.2. The maximum Gasteiger partial charge on any atom is 0.0939 e. The van der Waals surface area contributed by atoms with Crippen molar-refractivity contribution in [2.45, 2.75) is 30.1 Å². The first-order valence-corrected chi connectivity index (χ1v) is 25.6. The molecule has 17 rings (SSSR count). The number of hydrogen-bond donors (Lipinski definition) is 0. The maximum atomic E-state index is 5.63. The third kappa shape index (κ3) is 4.57. The summed E-state index contributed by atoms with van der Waals surface area (Å²) in [6.07, 6.45) is 4.05. The number of aromatic nitrogens is 4. The molecule has 4 heterocycles. The van der Waals surface area contributed by atoms with Gasteiger partial charge in [0.15, 0.2) is 0 Å². The summed E-state index contributed by atoms with van der Waals surface area (Å²) in [5.74, 6) is 0. The Kier molecular flexibility index (Phi) is 7.39. The summed E-state index contributed by atoms with van der Waals surface area (Å²) in [6.45, 7) is 4.89. The van der Waals surface area contributed by atoms with Crippen molar-refractivity contribution >= 4 is 43.6 Å². The highest BCUT2D eigenvalue weighted by Crippen LogP contribution is 2.67. The van der Waals surface area contributed by atoms with Gasteiger partial charge in [0.1, 0.15) is 0 Å². The van der Waals surface area contributed by atoms with Crippen molar-refractivity contribution in [1.82, 2.24) is 19.1 Å². The van der Waals surface area contributed by atoms with E-state index in [1.807, 2.05) is 6.20 Å². The molecule has 0 aliphatic heterocycles. The minimum absolute atomic E-state index is 0.362. The van der Waals surface area contributed by atoms with Gasteiger partial charge in [0, 0.05) is 44.4 Å². The SMILES string of the molecule is CC1(C)c2ccccc2C2(c3cc4c(cc31)C1(c3ccccc3-c3ccccc31)c1ccccc1-4)c1cccnc1-c1ncc(-n3c4ccccc4c4ccc5c6ccccc6n(-c6ccccc6)c5c43)cc12. The Bertz CT molecular complexity index is 4560. The Morgan fingerprint density at radius 2 is 0.808 bits per heavy atom. The molecule has 0 fully saturated rings. The van der Waals surface area contributed by atoms with Crippen LogP contribution >= 0.6 is 0 Å². The van der Waals surface area contributed by atoms with Crippen molar-refractivity contribution in [2.75, 3.05) is 0 Å². The molecule has 73 heavy (non-hydrogen) atoms. The normalized spacial score (nSPS) is 16.6. The van der Waals surface area contributed by atoms with E-state index in [1.54, 1.807) is 0 Å². The fourth-order valence-corrected chi connectivity index (χ4v) is 14.9. The van der Waals surface area contributed by atoms with Gasteiger partial charge >= 0.3 is 0 Å². The van der Waals surface area contributed by atoms with Crippen molar-refractivity contribution in [1.29, 1.82) is 0 Å². The topological polar surface area (TPSA) is 35.6 Å². The number of pyridine rings is 2. The van der Waals surface area contributed by atoms with Gasteiger partial charge in [0.2, 0.25) is 0 Å². The van der Waals surface area contributed by atoms with Crippen LogP contribution in [0.5, 0.6) is 0 Å². The van der Waals surface area contributed by atoms with E-state index in [-0.39, 0.29) is 5.41 Å². The lowest BCUT2D eigenvalue weighted by Crippen LogP contribution is -2.41. The lowest BCUT2D eigenvalue weighted by molar-refractivity contribution is 0.561. The van der Waals surface area contributed by atoms with Crippen LogP contribution in [0, 0.1) is 0 Å². The quantitative estimate of drug-likeness (QED) is 0.173. The van der Waals surface area contributed by atoms with E-state index in [0.717, 1.165) is 39.4 Å². The van der Waals surface area contributed by atoms with E-state index in [2.05, 4.69) is 248 Å². The summed E-state index contributed by atoms with van der Waals surface area (Å²) in [4.78, 5) is 10.9. The molecule has 0 amide bonds. The highest BCUT2D eigenvalue weighted by molar-refractivity contribution is 6.24. The second kappa shape index (κ2) is 13.6. The predicted octanol–water partition coefficient (Wildman–Crippen LogP) is 16.0. The van der Waals surface area contributed by atoms with Gasteiger partial charge in [-0.25, -0.2) is 0 Å². The number of benzene rings is 9. The second-order valence-electron chi connectivity index (χ2n) is 21.1. The van der Waals surface area contributed by atoms with Gasteiger partial charge in [-0.2, -0.15) is 0 Å². The molecule has 340 valence electrons. The second-order valence-corrected chi connectivity index (χ2v) is 21.1. The predicted molar refractivity (Wildman–Crippen MR) is 296 cm³/mol. The molecule has 4 nitrogen and oxygen atoms in total. The van der Waals surface area contributed by atoms with Gasteiger partial charge in [0.25, 0.3) is 0 Å². The van der Waals surface area contributed by atoms with E-state index in [4.69, 9.17) is 9.97 Å². The zero-order valence-electron chi connectivity index (χ0n) is 40.2. The molecule has 13 aromatic rings. The van der Waals surface area contributed by atoms with Gasteiger partial charge in [0.05, 0.1) is 56.2 Å². The molecule has 4 aliphatic rings. The van der Waals surface area contributed by atoms with Crippen LogP contribution in [0.25, 0.3) is 88.6 Å². The lowest BCUT2D eigenvalue weighted by atomic mass is 9.55. The largest absolute Gasteiger partial charge is 0.307 e.